The van der Waals surface area contributed by atoms with Crippen molar-refractivity contribution in [2.45, 2.75) is 25.7 Å². The molecular formula is C6H11N4. The maximum absolute atomic E-state index is 3.79. The molecule has 4 heteroatoms. The van der Waals surface area contributed by atoms with Gasteiger partial charge in [0.25, 0.3) is 0 Å². The average Bonchev–Trinajstić information content (AvgIpc) is 2.38. The number of hydrogen-bond acceptors (Lipinski definition) is 3. The second-order valence-corrected chi connectivity index (χ2v) is 2.33. The largest absolute Gasteiger partial charge is 0.243 e. The van der Waals surface area contributed by atoms with Crippen LogP contribution < -0.4 is 0 Å². The highest BCUT2D eigenvalue weighted by molar-refractivity contribution is 4.87. The molecular weight excluding hydrogens is 128 g/mol. The van der Waals surface area contributed by atoms with Crippen LogP contribution in [-0.4, -0.2) is 20.6 Å². The Labute approximate surface area is 60.0 Å². The van der Waals surface area contributed by atoms with Crippen LogP contribution in [0.2, 0.25) is 0 Å². The summed E-state index contributed by atoms with van der Waals surface area (Å²) >= 11 is 0. The molecule has 0 saturated heterocycles. The van der Waals surface area contributed by atoms with Gasteiger partial charge in [-0.15, -0.1) is 5.10 Å². The van der Waals surface area contributed by atoms with Crippen LogP contribution in [0, 0.1) is 6.92 Å². The fourth-order valence-electron chi connectivity index (χ4n) is 0.818. The van der Waals surface area contributed by atoms with E-state index in [4.69, 9.17) is 0 Å². The normalized spacial score (nSPS) is 13.4. The van der Waals surface area contributed by atoms with Crippen molar-refractivity contribution in [3.8, 4) is 0 Å². The third-order valence-electron chi connectivity index (χ3n) is 1.47. The minimum absolute atomic E-state index is 0.396. The summed E-state index contributed by atoms with van der Waals surface area (Å²) in [7, 11) is 0. The Balaban J connectivity index is 2.50. The van der Waals surface area contributed by atoms with Crippen LogP contribution in [0.5, 0.6) is 0 Å². The van der Waals surface area contributed by atoms with Gasteiger partial charge in [0, 0.05) is 5.92 Å². The molecule has 1 unspecified atom stereocenters. The van der Waals surface area contributed by atoms with Gasteiger partial charge in [0.1, 0.15) is 0 Å². The van der Waals surface area contributed by atoms with E-state index in [1.165, 1.54) is 0 Å². The maximum Gasteiger partial charge on any atom is 0.151 e. The van der Waals surface area contributed by atoms with Crippen molar-refractivity contribution in [3.63, 3.8) is 0 Å². The Morgan fingerprint density at radius 2 is 2.50 bits per heavy atom. The molecule has 1 rings (SSSR count). The second kappa shape index (κ2) is 3.29. The topological polar surface area (TPSA) is 54.5 Å². The van der Waals surface area contributed by atoms with Crippen molar-refractivity contribution in [2.75, 3.05) is 0 Å². The SMILES string of the molecule is [CH2]CCC(C)c1nnn[nH]1. The van der Waals surface area contributed by atoms with Gasteiger partial charge in [-0.3, -0.25) is 0 Å². The highest BCUT2D eigenvalue weighted by Crippen LogP contribution is 2.13. The van der Waals surface area contributed by atoms with Crippen LogP contribution in [0.4, 0.5) is 0 Å². The van der Waals surface area contributed by atoms with Crippen LogP contribution >= 0.6 is 0 Å². The predicted molar refractivity (Wildman–Crippen MR) is 37.2 cm³/mol. The number of nitrogens with one attached hydrogen (secondary N) is 1. The monoisotopic (exact) mass is 139 g/mol. The highest BCUT2D eigenvalue weighted by Gasteiger charge is 2.06. The maximum atomic E-state index is 3.79. The van der Waals surface area contributed by atoms with E-state index in [-0.39, 0.29) is 0 Å². The zero-order valence-electron chi connectivity index (χ0n) is 6.04. The molecule has 0 aliphatic heterocycles. The van der Waals surface area contributed by atoms with E-state index in [9.17, 15) is 0 Å². The van der Waals surface area contributed by atoms with Gasteiger partial charge in [0.05, 0.1) is 0 Å². The summed E-state index contributed by atoms with van der Waals surface area (Å²) in [6.45, 7) is 5.83. The fraction of sp³-hybridized carbons (Fsp3) is 0.667. The Morgan fingerprint density at radius 1 is 1.70 bits per heavy atom. The summed E-state index contributed by atoms with van der Waals surface area (Å²) < 4.78 is 0. The fourth-order valence-corrected chi connectivity index (χ4v) is 0.818. The zero-order chi connectivity index (χ0) is 7.40. The molecule has 0 spiro atoms. The van der Waals surface area contributed by atoms with E-state index < -0.39 is 0 Å². The Bertz CT molecular complexity index is 170. The van der Waals surface area contributed by atoms with E-state index >= 15 is 0 Å². The molecule has 0 aliphatic rings. The number of H-pyrrole nitrogens is 1. The van der Waals surface area contributed by atoms with Crippen molar-refractivity contribution in [2.24, 2.45) is 0 Å². The third-order valence-corrected chi connectivity index (χ3v) is 1.47. The standard InChI is InChI=1S/C6H11N4/c1-3-4-5(2)6-7-9-10-8-6/h5H,1,3-4H2,2H3,(H,7,8,9,10). The molecule has 1 heterocycles. The van der Waals surface area contributed by atoms with Crippen molar-refractivity contribution >= 4 is 0 Å². The van der Waals surface area contributed by atoms with Gasteiger partial charge in [0.2, 0.25) is 0 Å². The van der Waals surface area contributed by atoms with E-state index in [1.54, 1.807) is 0 Å². The van der Waals surface area contributed by atoms with Gasteiger partial charge in [-0.1, -0.05) is 20.3 Å². The van der Waals surface area contributed by atoms with Crippen LogP contribution in [0.3, 0.4) is 0 Å². The Hall–Kier alpha value is -0.930. The number of nitrogens with zero attached hydrogens (tertiary/aromatic N) is 3. The molecule has 0 aliphatic carbocycles. The first-order valence-corrected chi connectivity index (χ1v) is 3.37. The molecule has 1 aromatic rings. The molecule has 1 aromatic heterocycles. The summed E-state index contributed by atoms with van der Waals surface area (Å²) in [5.41, 5.74) is 0. The minimum atomic E-state index is 0.396. The van der Waals surface area contributed by atoms with Gasteiger partial charge in [0.15, 0.2) is 5.82 Å². The number of aromatic amines is 1. The highest BCUT2D eigenvalue weighted by atomic mass is 15.5. The molecule has 10 heavy (non-hydrogen) atoms. The second-order valence-electron chi connectivity index (χ2n) is 2.33. The van der Waals surface area contributed by atoms with Crippen LogP contribution in [-0.2, 0) is 0 Å². The summed E-state index contributed by atoms with van der Waals surface area (Å²) in [5.74, 6) is 1.25. The average molecular weight is 139 g/mol. The van der Waals surface area contributed by atoms with Crippen molar-refractivity contribution in [1.82, 2.24) is 20.6 Å². The lowest BCUT2D eigenvalue weighted by atomic mass is 10.1. The number of hydrogen-bond donors (Lipinski definition) is 1. The quantitative estimate of drug-likeness (QED) is 0.677. The lowest BCUT2D eigenvalue weighted by Crippen LogP contribution is -1.95. The van der Waals surface area contributed by atoms with Gasteiger partial charge in [-0.05, 0) is 16.8 Å². The van der Waals surface area contributed by atoms with Crippen molar-refractivity contribution in [1.29, 1.82) is 0 Å². The molecule has 55 valence electrons. The lowest BCUT2D eigenvalue weighted by molar-refractivity contribution is 0.646. The first-order valence-electron chi connectivity index (χ1n) is 3.37. The van der Waals surface area contributed by atoms with E-state index in [0.717, 1.165) is 18.7 Å². The lowest BCUT2D eigenvalue weighted by Gasteiger charge is -2.02. The molecule has 0 bridgehead atoms. The predicted octanol–water partition coefficient (Wildman–Crippen LogP) is 0.917. The zero-order valence-corrected chi connectivity index (χ0v) is 6.04. The summed E-state index contributed by atoms with van der Waals surface area (Å²) in [5, 5.41) is 13.5. The Morgan fingerprint density at radius 3 is 3.00 bits per heavy atom. The summed E-state index contributed by atoms with van der Waals surface area (Å²) in [6.07, 6.45) is 1.94. The first-order chi connectivity index (χ1) is 4.84. The molecule has 1 N–H and O–H groups in total. The van der Waals surface area contributed by atoms with Crippen molar-refractivity contribution in [3.05, 3.63) is 12.7 Å². The number of tetrazole rings is 1. The Kier molecular flexibility index (Phi) is 2.36. The molecule has 0 fully saturated rings. The van der Waals surface area contributed by atoms with E-state index in [1.807, 2.05) is 0 Å². The van der Waals surface area contributed by atoms with Crippen LogP contribution in [0.1, 0.15) is 31.5 Å². The summed E-state index contributed by atoms with van der Waals surface area (Å²) in [6, 6.07) is 0. The van der Waals surface area contributed by atoms with Crippen LogP contribution in [0.15, 0.2) is 0 Å². The van der Waals surface area contributed by atoms with Crippen molar-refractivity contribution < 1.29 is 0 Å². The number of rotatable bonds is 3. The van der Waals surface area contributed by atoms with Gasteiger partial charge < -0.3 is 0 Å². The van der Waals surface area contributed by atoms with Gasteiger partial charge >= 0.3 is 0 Å². The molecule has 0 amide bonds. The van der Waals surface area contributed by atoms with E-state index in [2.05, 4.69) is 34.5 Å². The molecule has 1 radical (unpaired) electrons. The first kappa shape index (κ1) is 7.18. The van der Waals surface area contributed by atoms with Gasteiger partial charge in [-0.25, -0.2) is 5.10 Å². The molecule has 0 saturated carbocycles. The van der Waals surface area contributed by atoms with Crippen LogP contribution in [0.25, 0.3) is 0 Å². The molecule has 4 nitrogen and oxygen atoms in total. The molecule has 0 aromatic carbocycles. The third kappa shape index (κ3) is 1.52. The van der Waals surface area contributed by atoms with Gasteiger partial charge in [-0.2, -0.15) is 0 Å². The van der Waals surface area contributed by atoms with E-state index in [0.29, 0.717) is 5.92 Å². The summed E-state index contributed by atoms with van der Waals surface area (Å²) in [4.78, 5) is 0. The molecule has 1 atom stereocenters. The smallest absolute Gasteiger partial charge is 0.151 e. The minimum Gasteiger partial charge on any atom is -0.243 e. The number of aromatic nitrogens is 4.